The van der Waals surface area contributed by atoms with Crippen LogP contribution in [0.4, 0.5) is 5.69 Å². The van der Waals surface area contributed by atoms with Crippen molar-refractivity contribution in [3.05, 3.63) is 57.6 Å². The molecule has 1 unspecified atom stereocenters. The van der Waals surface area contributed by atoms with Crippen LogP contribution in [-0.4, -0.2) is 31.4 Å². The molecule has 26 heavy (non-hydrogen) atoms. The number of aliphatic carboxylic acids is 1. The summed E-state index contributed by atoms with van der Waals surface area (Å²) in [5, 5.41) is 15.0. The van der Waals surface area contributed by atoms with Crippen LogP contribution in [0.2, 0.25) is 10.0 Å². The first-order valence-electron chi connectivity index (χ1n) is 7.26. The molecule has 3 N–H and O–H groups in total. The van der Waals surface area contributed by atoms with Crippen LogP contribution >= 0.6 is 23.2 Å². The van der Waals surface area contributed by atoms with Crippen molar-refractivity contribution < 1.29 is 23.1 Å². The zero-order chi connectivity index (χ0) is 19.2. The van der Waals surface area contributed by atoms with E-state index < -0.39 is 27.9 Å². The van der Waals surface area contributed by atoms with Crippen LogP contribution in [0.3, 0.4) is 0 Å². The van der Waals surface area contributed by atoms with Crippen LogP contribution < -0.4 is 10.0 Å². The quantitative estimate of drug-likeness (QED) is 0.798. The lowest BCUT2D eigenvalue weighted by atomic mass is 10.1. The van der Waals surface area contributed by atoms with Gasteiger partial charge < -0.3 is 5.11 Å². The zero-order valence-electron chi connectivity index (χ0n) is 13.0. The van der Waals surface area contributed by atoms with Gasteiger partial charge in [-0.25, -0.2) is 18.4 Å². The number of amides is 1. The third-order valence-electron chi connectivity index (χ3n) is 4.03. The lowest BCUT2D eigenvalue weighted by Gasteiger charge is -2.23. The van der Waals surface area contributed by atoms with Gasteiger partial charge in [-0.2, -0.15) is 0 Å². The molecule has 1 aliphatic rings. The monoisotopic (exact) mass is 414 g/mol. The normalized spacial score (nSPS) is 16.4. The van der Waals surface area contributed by atoms with Crippen LogP contribution in [0, 0.1) is 0 Å². The molecular formula is C16H12Cl2N2O5S. The molecule has 1 heterocycles. The van der Waals surface area contributed by atoms with Gasteiger partial charge in [-0.05, 0) is 42.0 Å². The SMILES string of the molecule is NS(=O)(=O)c1ccc2c(c1)CC(C(=O)O)N2C(=O)c1ccc(Cl)c(Cl)c1. The summed E-state index contributed by atoms with van der Waals surface area (Å²) < 4.78 is 23.0. The van der Waals surface area contributed by atoms with Gasteiger partial charge in [0.1, 0.15) is 6.04 Å². The largest absolute Gasteiger partial charge is 0.480 e. The average Bonchev–Trinajstić information content (AvgIpc) is 2.94. The van der Waals surface area contributed by atoms with E-state index in [9.17, 15) is 23.1 Å². The van der Waals surface area contributed by atoms with Crippen molar-refractivity contribution in [1.82, 2.24) is 0 Å². The maximum absolute atomic E-state index is 12.9. The third-order valence-corrected chi connectivity index (χ3v) is 5.68. The fourth-order valence-corrected chi connectivity index (χ4v) is 3.68. The summed E-state index contributed by atoms with van der Waals surface area (Å²) >= 11 is 11.8. The number of nitrogens with two attached hydrogens (primary N) is 1. The van der Waals surface area contributed by atoms with Gasteiger partial charge in [-0.15, -0.1) is 0 Å². The zero-order valence-corrected chi connectivity index (χ0v) is 15.3. The molecule has 0 saturated heterocycles. The van der Waals surface area contributed by atoms with Gasteiger partial charge in [0, 0.05) is 17.7 Å². The number of rotatable bonds is 3. The van der Waals surface area contributed by atoms with Gasteiger partial charge in [0.25, 0.3) is 5.91 Å². The standard InChI is InChI=1S/C16H12Cl2N2O5S/c17-11-3-1-8(6-12(11)18)15(21)20-13-4-2-10(26(19,24)25)5-9(13)7-14(20)16(22)23/h1-6,14H,7H2,(H,22,23)(H2,19,24,25). The number of nitrogens with zero attached hydrogens (tertiary/aromatic N) is 1. The van der Waals surface area contributed by atoms with Gasteiger partial charge >= 0.3 is 5.97 Å². The molecule has 0 aliphatic carbocycles. The summed E-state index contributed by atoms with van der Waals surface area (Å²) in [7, 11) is -3.95. The number of sulfonamides is 1. The molecule has 2 aromatic rings. The molecule has 2 aromatic carbocycles. The summed E-state index contributed by atoms with van der Waals surface area (Å²) in [4.78, 5) is 25.5. The van der Waals surface area contributed by atoms with Crippen molar-refractivity contribution in [2.45, 2.75) is 17.4 Å². The number of hydrogen-bond acceptors (Lipinski definition) is 4. The molecule has 10 heteroatoms. The molecule has 7 nitrogen and oxygen atoms in total. The molecule has 0 fully saturated rings. The van der Waals surface area contributed by atoms with Gasteiger partial charge in [-0.3, -0.25) is 9.69 Å². The number of hydrogen-bond donors (Lipinski definition) is 2. The number of fused-ring (bicyclic) bond motifs is 1. The molecule has 1 atom stereocenters. The molecule has 3 rings (SSSR count). The molecule has 0 saturated carbocycles. The van der Waals surface area contributed by atoms with E-state index in [4.69, 9.17) is 28.3 Å². The second-order valence-corrected chi connectivity index (χ2v) is 8.07. The van der Waals surface area contributed by atoms with Crippen molar-refractivity contribution in [1.29, 1.82) is 0 Å². The van der Waals surface area contributed by atoms with Gasteiger partial charge in [0.05, 0.1) is 14.9 Å². The van der Waals surface area contributed by atoms with Crippen molar-refractivity contribution in [2.75, 3.05) is 4.90 Å². The third kappa shape index (κ3) is 3.28. The molecule has 0 spiro atoms. The predicted octanol–water partition coefficient (Wildman–Crippen LogP) is 2.30. The number of benzene rings is 2. The fourth-order valence-electron chi connectivity index (χ4n) is 2.82. The van der Waals surface area contributed by atoms with E-state index in [1.807, 2.05) is 0 Å². The maximum Gasteiger partial charge on any atom is 0.327 e. The van der Waals surface area contributed by atoms with Crippen LogP contribution in [-0.2, 0) is 21.2 Å². The Morgan fingerprint density at radius 3 is 2.38 bits per heavy atom. The highest BCUT2D eigenvalue weighted by atomic mass is 35.5. The number of carboxylic acid groups (broad SMARTS) is 1. The number of halogens is 2. The second-order valence-electron chi connectivity index (χ2n) is 5.70. The highest BCUT2D eigenvalue weighted by molar-refractivity contribution is 7.89. The number of carboxylic acids is 1. The Kier molecular flexibility index (Phi) is 4.70. The van der Waals surface area contributed by atoms with Crippen molar-refractivity contribution in [3.63, 3.8) is 0 Å². The molecule has 136 valence electrons. The van der Waals surface area contributed by atoms with Crippen molar-refractivity contribution in [2.24, 2.45) is 5.14 Å². The Hall–Kier alpha value is -2.13. The summed E-state index contributed by atoms with van der Waals surface area (Å²) in [5.41, 5.74) is 0.868. The van der Waals surface area contributed by atoms with Crippen molar-refractivity contribution in [3.8, 4) is 0 Å². The molecule has 1 amide bonds. The van der Waals surface area contributed by atoms with Gasteiger partial charge in [0.2, 0.25) is 10.0 Å². The van der Waals surface area contributed by atoms with E-state index in [0.29, 0.717) is 11.3 Å². The van der Waals surface area contributed by atoms with E-state index in [-0.39, 0.29) is 26.9 Å². The molecule has 0 radical (unpaired) electrons. The summed E-state index contributed by atoms with van der Waals surface area (Å²) in [6.45, 7) is 0. The van der Waals surface area contributed by atoms with Crippen LogP contribution in [0.5, 0.6) is 0 Å². The van der Waals surface area contributed by atoms with E-state index in [1.54, 1.807) is 0 Å². The Bertz CT molecular complexity index is 1040. The molecule has 0 aromatic heterocycles. The molecular weight excluding hydrogens is 403 g/mol. The first kappa shape index (κ1) is 18.7. The minimum Gasteiger partial charge on any atom is -0.480 e. The van der Waals surface area contributed by atoms with Crippen LogP contribution in [0.25, 0.3) is 0 Å². The fraction of sp³-hybridized carbons (Fsp3) is 0.125. The average molecular weight is 415 g/mol. The van der Waals surface area contributed by atoms with Crippen LogP contribution in [0.15, 0.2) is 41.3 Å². The summed E-state index contributed by atoms with van der Waals surface area (Å²) in [6, 6.07) is 6.92. The van der Waals surface area contributed by atoms with E-state index >= 15 is 0 Å². The Morgan fingerprint density at radius 1 is 1.12 bits per heavy atom. The topological polar surface area (TPSA) is 118 Å². The highest BCUT2D eigenvalue weighted by Crippen LogP contribution is 2.35. The smallest absolute Gasteiger partial charge is 0.327 e. The maximum atomic E-state index is 12.9. The lowest BCUT2D eigenvalue weighted by Crippen LogP contribution is -2.42. The minimum atomic E-state index is -3.95. The molecule has 0 bridgehead atoms. The highest BCUT2D eigenvalue weighted by Gasteiger charge is 2.39. The van der Waals surface area contributed by atoms with E-state index in [1.165, 1.54) is 36.4 Å². The lowest BCUT2D eigenvalue weighted by molar-refractivity contribution is -0.138. The summed E-state index contributed by atoms with van der Waals surface area (Å²) in [6.07, 6.45) is -0.0406. The minimum absolute atomic E-state index is 0.0406. The number of carbonyl (C=O) groups is 2. The van der Waals surface area contributed by atoms with Gasteiger partial charge in [-0.1, -0.05) is 23.2 Å². The summed E-state index contributed by atoms with van der Waals surface area (Å²) in [5.74, 6) is -1.80. The second kappa shape index (κ2) is 6.55. The van der Waals surface area contributed by atoms with Crippen molar-refractivity contribution >= 4 is 50.8 Å². The number of primary sulfonamides is 1. The molecule has 1 aliphatic heterocycles. The van der Waals surface area contributed by atoms with E-state index in [0.717, 1.165) is 4.90 Å². The predicted molar refractivity (Wildman–Crippen MR) is 96.2 cm³/mol. The Morgan fingerprint density at radius 2 is 1.81 bits per heavy atom. The number of anilines is 1. The first-order chi connectivity index (χ1) is 12.1. The Balaban J connectivity index is 2.09. The number of carbonyl (C=O) groups excluding carboxylic acids is 1. The van der Waals surface area contributed by atoms with Gasteiger partial charge in [0.15, 0.2) is 0 Å². The Labute approximate surface area is 159 Å². The van der Waals surface area contributed by atoms with E-state index in [2.05, 4.69) is 0 Å². The first-order valence-corrected chi connectivity index (χ1v) is 9.57. The van der Waals surface area contributed by atoms with Crippen LogP contribution in [0.1, 0.15) is 15.9 Å².